The fourth-order valence-electron chi connectivity index (χ4n) is 8.05. The van der Waals surface area contributed by atoms with Crippen LogP contribution < -0.4 is 10.6 Å². The minimum absolute atomic E-state index is 0.106. The molecule has 7 rings (SSSR count). The molecule has 0 saturated carbocycles. The monoisotopic (exact) mass is 1050 g/mol. The molecule has 2 N–H and O–H groups in total. The third kappa shape index (κ3) is 17.3. The summed E-state index contributed by atoms with van der Waals surface area (Å²) in [5.41, 5.74) is 7.94. The van der Waals surface area contributed by atoms with Crippen LogP contribution in [-0.2, 0) is 48.2 Å². The number of aliphatic imine (C=N–C) groups is 1. The number of hydrogen-bond donors (Lipinski definition) is 2. The average Bonchev–Trinajstić information content (AvgIpc) is 3.53. The molecule has 1 aliphatic rings. The van der Waals surface area contributed by atoms with Crippen LogP contribution in [0.5, 0.6) is 0 Å². The van der Waals surface area contributed by atoms with E-state index in [0.717, 1.165) is 5.56 Å². The van der Waals surface area contributed by atoms with Crippen LogP contribution in [0.15, 0.2) is 114 Å². The zero-order valence-electron chi connectivity index (χ0n) is 44.1. The second-order valence-corrected chi connectivity index (χ2v) is 17.8. The van der Waals surface area contributed by atoms with E-state index < -0.39 is 17.9 Å². The summed E-state index contributed by atoms with van der Waals surface area (Å²) in [6.45, 7) is 7.28. The van der Waals surface area contributed by atoms with Gasteiger partial charge < -0.3 is 29.6 Å². The molecule has 78 heavy (non-hydrogen) atoms. The number of benzene rings is 3. The van der Waals surface area contributed by atoms with E-state index in [4.69, 9.17) is 33.9 Å². The van der Waals surface area contributed by atoms with Crippen molar-refractivity contribution in [2.24, 2.45) is 4.99 Å². The molecule has 1 aliphatic heterocycles. The molecule has 396 valence electrons. The van der Waals surface area contributed by atoms with E-state index >= 15 is 0 Å². The number of nitrogens with zero attached hydrogens (tertiary/aromatic N) is 7. The van der Waals surface area contributed by atoms with E-state index in [-0.39, 0.29) is 28.9 Å². The van der Waals surface area contributed by atoms with Gasteiger partial charge in [-0.1, -0.05) is 35.5 Å². The van der Waals surface area contributed by atoms with Gasteiger partial charge in [0.25, 0.3) is 0 Å². The fourth-order valence-corrected chi connectivity index (χ4v) is 8.05. The highest BCUT2D eigenvalue weighted by Gasteiger charge is 2.22. The molecule has 18 nitrogen and oxygen atoms in total. The van der Waals surface area contributed by atoms with Crippen molar-refractivity contribution in [3.05, 3.63) is 177 Å². The van der Waals surface area contributed by atoms with Crippen molar-refractivity contribution in [3.63, 3.8) is 0 Å². The number of aromatic nitrogens is 3. The molecule has 0 bridgehead atoms. The number of anilines is 2. The Hall–Kier alpha value is -9.51. The number of rotatable bonds is 13. The summed E-state index contributed by atoms with van der Waals surface area (Å²) in [6.07, 6.45) is 1.35. The lowest BCUT2D eigenvalue weighted by molar-refractivity contribution is -0.115. The molecule has 0 aliphatic carbocycles. The van der Waals surface area contributed by atoms with Crippen LogP contribution in [0.2, 0.25) is 0 Å². The lowest BCUT2D eigenvalue weighted by atomic mass is 10.1. The van der Waals surface area contributed by atoms with Crippen LogP contribution in [0, 0.1) is 35.5 Å². The summed E-state index contributed by atoms with van der Waals surface area (Å²) < 4.78 is 20.3. The molecule has 2 amide bonds. The molecule has 6 aromatic rings. The van der Waals surface area contributed by atoms with Gasteiger partial charge in [-0.25, -0.2) is 34.3 Å². The summed E-state index contributed by atoms with van der Waals surface area (Å²) in [7, 11) is 5.43. The first kappa shape index (κ1) is 56.2. The molecule has 1 fully saturated rings. The van der Waals surface area contributed by atoms with E-state index in [0.29, 0.717) is 121 Å². The van der Waals surface area contributed by atoms with Crippen molar-refractivity contribution in [1.82, 2.24) is 29.7 Å². The van der Waals surface area contributed by atoms with Gasteiger partial charge in [0.2, 0.25) is 11.8 Å². The van der Waals surface area contributed by atoms with E-state index in [1.54, 1.807) is 66.7 Å². The largest absolute Gasteiger partial charge is 0.486 e. The average molecular weight is 1050 g/mol. The Kier molecular flexibility index (Phi) is 20.1. The first-order valence-electron chi connectivity index (χ1n) is 24.7. The van der Waals surface area contributed by atoms with Gasteiger partial charge >= 0.3 is 17.9 Å². The zero-order valence-corrected chi connectivity index (χ0v) is 44.1. The van der Waals surface area contributed by atoms with E-state index in [2.05, 4.69) is 65.8 Å². The Morgan fingerprint density at radius 3 is 1.04 bits per heavy atom. The van der Waals surface area contributed by atoms with Crippen LogP contribution in [0.25, 0.3) is 0 Å². The normalized spacial score (nSPS) is 12.8. The zero-order chi connectivity index (χ0) is 55.4. The van der Waals surface area contributed by atoms with Gasteiger partial charge in [0, 0.05) is 118 Å². The SMILES string of the molecule is COC=Nc1ccc(C#Cc2cc(CN3CCN(Cc4cc(C#Cc5ccc(NC(C)=O)cc5)cc(C(=O)OC)n4)CCN(Cc4cc(C#Cc5ccc(NC(C)=O)cc5)cc(C(=O)OC)n4)CC3)nc(C(=O)OC)c2)cc1. The Bertz CT molecular complexity index is 3230. The number of esters is 3. The highest BCUT2D eigenvalue weighted by atomic mass is 16.5. The number of carbonyl (C=O) groups is 5. The first-order valence-corrected chi connectivity index (χ1v) is 24.7. The predicted molar refractivity (Wildman–Crippen MR) is 294 cm³/mol. The highest BCUT2D eigenvalue weighted by Crippen LogP contribution is 2.18. The number of amides is 2. The molecule has 0 spiro atoms. The molecule has 1 saturated heterocycles. The van der Waals surface area contributed by atoms with Crippen LogP contribution in [0.4, 0.5) is 17.1 Å². The van der Waals surface area contributed by atoms with Crippen molar-refractivity contribution in [2.45, 2.75) is 33.5 Å². The van der Waals surface area contributed by atoms with Crippen LogP contribution >= 0.6 is 0 Å². The third-order valence-corrected chi connectivity index (χ3v) is 11.8. The number of carbonyl (C=O) groups excluding carboxylic acids is 5. The molecule has 0 unspecified atom stereocenters. The van der Waals surface area contributed by atoms with Gasteiger partial charge in [-0.15, -0.1) is 0 Å². The van der Waals surface area contributed by atoms with Crippen molar-refractivity contribution in [3.8, 4) is 35.5 Å². The van der Waals surface area contributed by atoms with Gasteiger partial charge in [0.1, 0.15) is 17.1 Å². The highest BCUT2D eigenvalue weighted by molar-refractivity contribution is 5.90. The van der Waals surface area contributed by atoms with Crippen LogP contribution in [0.1, 0.15) is 95.8 Å². The maximum absolute atomic E-state index is 13.0. The Morgan fingerprint density at radius 1 is 0.462 bits per heavy atom. The van der Waals surface area contributed by atoms with E-state index in [1.807, 2.05) is 42.5 Å². The minimum Gasteiger partial charge on any atom is -0.486 e. The minimum atomic E-state index is -0.608. The van der Waals surface area contributed by atoms with Crippen molar-refractivity contribution >= 4 is 53.2 Å². The smallest absolute Gasteiger partial charge is 0.356 e. The van der Waals surface area contributed by atoms with Gasteiger partial charge in [0.15, 0.2) is 6.40 Å². The van der Waals surface area contributed by atoms with E-state index in [9.17, 15) is 24.0 Å². The lowest BCUT2D eigenvalue weighted by Gasteiger charge is -2.25. The van der Waals surface area contributed by atoms with Gasteiger partial charge in [0.05, 0.1) is 51.2 Å². The summed E-state index contributed by atoms with van der Waals surface area (Å²) in [4.78, 5) is 87.3. The van der Waals surface area contributed by atoms with Gasteiger partial charge in [-0.3, -0.25) is 24.3 Å². The lowest BCUT2D eigenvalue weighted by Crippen LogP contribution is -2.36. The summed E-state index contributed by atoms with van der Waals surface area (Å²) in [5.74, 6) is 16.8. The number of ether oxygens (including phenoxy) is 4. The summed E-state index contributed by atoms with van der Waals surface area (Å²) >= 11 is 0. The quantitative estimate of drug-likeness (QED) is 0.0418. The molecule has 0 radical (unpaired) electrons. The molecular formula is C60H57N9O9. The molecule has 3 aromatic carbocycles. The molecule has 4 heterocycles. The van der Waals surface area contributed by atoms with Crippen LogP contribution in [-0.4, -0.2) is 133 Å². The topological polar surface area (TPSA) is 207 Å². The van der Waals surface area contributed by atoms with Crippen molar-refractivity contribution in [1.29, 1.82) is 0 Å². The standard InChI is InChI=1S/C60H57N9O9/c1-41(70)62-50-21-15-44(16-22-50)8-11-47-32-53(65-56(35-47)59(73)77-5)38-68-27-25-67(37-52-31-46(34-55(64-52)58(72)76-4)10-7-43-13-19-49(20-14-43)61-40-75-3)26-28-69(30-29-68)39-54-33-48(36-57(66-54)60(74)78-6)12-9-45-17-23-51(24-18-45)63-42(2)71/h13-24,31-36,40H,25-30,37-39H2,1-6H3,(H,62,70)(H,63,71). The van der Waals surface area contributed by atoms with Crippen molar-refractivity contribution < 1.29 is 42.9 Å². The Labute approximate surface area is 453 Å². The third-order valence-electron chi connectivity index (χ3n) is 11.8. The summed E-state index contributed by atoms with van der Waals surface area (Å²) in [6, 6.07) is 31.9. The predicted octanol–water partition coefficient (Wildman–Crippen LogP) is 6.47. The van der Waals surface area contributed by atoms with Gasteiger partial charge in [-0.05, 0) is 109 Å². The summed E-state index contributed by atoms with van der Waals surface area (Å²) in [5, 5.41) is 5.50. The second kappa shape index (κ2) is 27.9. The number of methoxy groups -OCH3 is 4. The maximum atomic E-state index is 13.0. The molecule has 18 heteroatoms. The van der Waals surface area contributed by atoms with Gasteiger partial charge in [-0.2, -0.15) is 0 Å². The maximum Gasteiger partial charge on any atom is 0.356 e. The Morgan fingerprint density at radius 2 is 0.756 bits per heavy atom. The molecular weight excluding hydrogens is 991 g/mol. The van der Waals surface area contributed by atoms with Crippen molar-refractivity contribution in [2.75, 3.05) is 78.3 Å². The molecule has 3 aromatic heterocycles. The van der Waals surface area contributed by atoms with E-state index in [1.165, 1.54) is 48.7 Å². The molecule has 0 atom stereocenters. The Balaban J connectivity index is 1.20. The first-order chi connectivity index (χ1) is 37.7. The number of hydrogen-bond acceptors (Lipinski definition) is 16. The number of pyridine rings is 3. The fraction of sp³-hybridized carbons (Fsp3) is 0.250. The number of nitrogens with one attached hydrogen (secondary N) is 2. The van der Waals surface area contributed by atoms with Crippen LogP contribution in [0.3, 0.4) is 0 Å². The second-order valence-electron chi connectivity index (χ2n) is 17.8.